The summed E-state index contributed by atoms with van der Waals surface area (Å²) in [5.74, 6) is -0.136. The first-order valence-electron chi connectivity index (χ1n) is 7.77. The van der Waals surface area contributed by atoms with E-state index in [1.807, 2.05) is 31.4 Å². The Kier molecular flexibility index (Phi) is 6.42. The highest BCUT2D eigenvalue weighted by atomic mass is 35.5. The van der Waals surface area contributed by atoms with Crippen molar-refractivity contribution in [3.05, 3.63) is 44.9 Å². The maximum Gasteiger partial charge on any atom is 0.244 e. The van der Waals surface area contributed by atoms with E-state index in [4.69, 9.17) is 11.6 Å². The molecule has 2 aromatic rings. The van der Waals surface area contributed by atoms with E-state index < -0.39 is 0 Å². The fourth-order valence-electron chi connectivity index (χ4n) is 2.24. The second-order valence-corrected chi connectivity index (χ2v) is 6.78. The molecule has 0 bridgehead atoms. The first-order valence-corrected chi connectivity index (χ1v) is 9.03. The number of nitrogens with one attached hydrogen (secondary N) is 1. The van der Waals surface area contributed by atoms with Crippen molar-refractivity contribution in [1.29, 1.82) is 0 Å². The van der Waals surface area contributed by atoms with Crippen molar-refractivity contribution in [2.75, 3.05) is 0 Å². The number of carbonyl (C=O) groups excluding carboxylic acids is 1. The number of aromatic nitrogens is 2. The molecule has 23 heavy (non-hydrogen) atoms. The van der Waals surface area contributed by atoms with E-state index >= 15 is 0 Å². The molecule has 124 valence electrons. The first-order chi connectivity index (χ1) is 11.0. The van der Waals surface area contributed by atoms with Crippen LogP contribution in [0.4, 0.5) is 0 Å². The van der Waals surface area contributed by atoms with Gasteiger partial charge in [0.05, 0.1) is 11.7 Å². The number of thiophene rings is 1. The Morgan fingerprint density at radius 2 is 2.35 bits per heavy atom. The van der Waals surface area contributed by atoms with Gasteiger partial charge in [-0.15, -0.1) is 11.3 Å². The SMILES string of the molecule is CCCCn1nc(C)c(C=CC(=O)NC(C)c2cccs2)c1Cl. The van der Waals surface area contributed by atoms with E-state index in [0.29, 0.717) is 5.15 Å². The summed E-state index contributed by atoms with van der Waals surface area (Å²) in [4.78, 5) is 13.2. The van der Waals surface area contributed by atoms with Gasteiger partial charge >= 0.3 is 0 Å². The van der Waals surface area contributed by atoms with E-state index in [1.165, 1.54) is 6.08 Å². The van der Waals surface area contributed by atoms with Crippen LogP contribution in [0.3, 0.4) is 0 Å². The Balaban J connectivity index is 2.02. The number of aryl methyl sites for hydroxylation is 2. The van der Waals surface area contributed by atoms with E-state index in [9.17, 15) is 4.79 Å². The Bertz CT molecular complexity index is 676. The van der Waals surface area contributed by atoms with E-state index in [-0.39, 0.29) is 11.9 Å². The normalized spacial score (nSPS) is 12.7. The molecule has 4 nitrogen and oxygen atoms in total. The molecule has 2 rings (SSSR count). The minimum atomic E-state index is -0.136. The van der Waals surface area contributed by atoms with Crippen molar-refractivity contribution in [1.82, 2.24) is 15.1 Å². The number of unbranched alkanes of at least 4 members (excludes halogenated alkanes) is 1. The third-order valence-corrected chi connectivity index (χ3v) is 5.02. The predicted octanol–water partition coefficient (Wildman–Crippen LogP) is 4.60. The van der Waals surface area contributed by atoms with Crippen molar-refractivity contribution in [2.24, 2.45) is 0 Å². The first kappa shape index (κ1) is 17.8. The maximum absolute atomic E-state index is 12.1. The summed E-state index contributed by atoms with van der Waals surface area (Å²) in [6.45, 7) is 6.80. The highest BCUT2D eigenvalue weighted by Crippen LogP contribution is 2.22. The lowest BCUT2D eigenvalue weighted by Crippen LogP contribution is -2.23. The van der Waals surface area contributed by atoms with Crippen LogP contribution in [0, 0.1) is 6.92 Å². The smallest absolute Gasteiger partial charge is 0.244 e. The third-order valence-electron chi connectivity index (χ3n) is 3.56. The minimum absolute atomic E-state index is 0.00371. The Hall–Kier alpha value is -1.59. The van der Waals surface area contributed by atoms with Crippen LogP contribution in [0.1, 0.15) is 48.9 Å². The van der Waals surface area contributed by atoms with E-state index in [2.05, 4.69) is 17.3 Å². The van der Waals surface area contributed by atoms with Crippen LogP contribution in [0.2, 0.25) is 5.15 Å². The van der Waals surface area contributed by atoms with Crippen LogP contribution in [0.15, 0.2) is 23.6 Å². The van der Waals surface area contributed by atoms with Crippen molar-refractivity contribution >= 4 is 34.9 Å². The number of amides is 1. The Morgan fingerprint density at radius 1 is 1.57 bits per heavy atom. The summed E-state index contributed by atoms with van der Waals surface area (Å²) in [5.41, 5.74) is 1.64. The van der Waals surface area contributed by atoms with Gasteiger partial charge in [0, 0.05) is 23.1 Å². The van der Waals surface area contributed by atoms with Gasteiger partial charge in [-0.1, -0.05) is 31.0 Å². The van der Waals surface area contributed by atoms with Crippen LogP contribution >= 0.6 is 22.9 Å². The second-order valence-electron chi connectivity index (χ2n) is 5.45. The van der Waals surface area contributed by atoms with Gasteiger partial charge in [-0.05, 0) is 37.8 Å². The Morgan fingerprint density at radius 3 is 3.00 bits per heavy atom. The van der Waals surface area contributed by atoms with E-state index in [0.717, 1.165) is 35.5 Å². The molecule has 2 aromatic heterocycles. The molecule has 0 fully saturated rings. The van der Waals surface area contributed by atoms with Crippen molar-refractivity contribution in [3.63, 3.8) is 0 Å². The number of hydrogen-bond acceptors (Lipinski definition) is 3. The van der Waals surface area contributed by atoms with Gasteiger partial charge in [0.2, 0.25) is 5.91 Å². The molecular formula is C17H22ClN3OS. The number of carbonyl (C=O) groups is 1. The minimum Gasteiger partial charge on any atom is -0.345 e. The van der Waals surface area contributed by atoms with Crippen LogP contribution < -0.4 is 5.32 Å². The van der Waals surface area contributed by atoms with Gasteiger partial charge in [0.25, 0.3) is 0 Å². The molecule has 0 aliphatic carbocycles. The van der Waals surface area contributed by atoms with Gasteiger partial charge in [0.15, 0.2) is 0 Å². The summed E-state index contributed by atoms with van der Waals surface area (Å²) < 4.78 is 1.80. The number of halogens is 1. The number of rotatable bonds is 7. The van der Waals surface area contributed by atoms with Gasteiger partial charge in [-0.2, -0.15) is 5.10 Å². The highest BCUT2D eigenvalue weighted by molar-refractivity contribution is 7.10. The van der Waals surface area contributed by atoms with Crippen LogP contribution in [-0.2, 0) is 11.3 Å². The molecule has 0 aromatic carbocycles. The monoisotopic (exact) mass is 351 g/mol. The molecule has 0 aliphatic rings. The standard InChI is InChI=1S/C17H22ClN3OS/c1-4-5-10-21-17(18)14(12(2)20-21)8-9-16(22)19-13(3)15-7-6-11-23-15/h6-9,11,13H,4-5,10H2,1-3H3,(H,19,22). The molecule has 1 N–H and O–H groups in total. The summed E-state index contributed by atoms with van der Waals surface area (Å²) in [7, 11) is 0. The zero-order valence-electron chi connectivity index (χ0n) is 13.7. The van der Waals surface area contributed by atoms with Crippen molar-refractivity contribution in [2.45, 2.75) is 46.2 Å². The average Bonchev–Trinajstić information content (AvgIpc) is 3.13. The molecule has 2 heterocycles. The van der Waals surface area contributed by atoms with Gasteiger partial charge in [0.1, 0.15) is 5.15 Å². The van der Waals surface area contributed by atoms with Gasteiger partial charge in [-0.25, -0.2) is 0 Å². The summed E-state index contributed by atoms with van der Waals surface area (Å²) in [6.07, 6.45) is 5.37. The summed E-state index contributed by atoms with van der Waals surface area (Å²) in [5, 5.41) is 9.97. The van der Waals surface area contributed by atoms with Crippen molar-refractivity contribution in [3.8, 4) is 0 Å². The summed E-state index contributed by atoms with van der Waals surface area (Å²) >= 11 is 7.98. The zero-order valence-corrected chi connectivity index (χ0v) is 15.2. The largest absolute Gasteiger partial charge is 0.345 e. The van der Waals surface area contributed by atoms with Crippen molar-refractivity contribution < 1.29 is 4.79 Å². The Labute approximate surface area is 146 Å². The van der Waals surface area contributed by atoms with Crippen LogP contribution in [0.25, 0.3) is 6.08 Å². The van der Waals surface area contributed by atoms with Gasteiger partial charge in [-0.3, -0.25) is 9.48 Å². The highest BCUT2D eigenvalue weighted by Gasteiger charge is 2.12. The fraction of sp³-hybridized carbons (Fsp3) is 0.412. The van der Waals surface area contributed by atoms with Crippen LogP contribution in [-0.4, -0.2) is 15.7 Å². The number of hydrogen-bond donors (Lipinski definition) is 1. The van der Waals surface area contributed by atoms with E-state index in [1.54, 1.807) is 22.1 Å². The molecule has 1 atom stereocenters. The molecule has 6 heteroatoms. The topological polar surface area (TPSA) is 46.9 Å². The molecule has 0 aliphatic heterocycles. The maximum atomic E-state index is 12.1. The molecule has 0 saturated heterocycles. The quantitative estimate of drug-likeness (QED) is 0.741. The second kappa shape index (κ2) is 8.31. The molecule has 1 amide bonds. The third kappa shape index (κ3) is 4.69. The fourth-order valence-corrected chi connectivity index (χ4v) is 3.30. The lowest BCUT2D eigenvalue weighted by atomic mass is 10.2. The van der Waals surface area contributed by atoms with Gasteiger partial charge < -0.3 is 5.32 Å². The van der Waals surface area contributed by atoms with Crippen LogP contribution in [0.5, 0.6) is 0 Å². The molecular weight excluding hydrogens is 330 g/mol. The number of nitrogens with zero attached hydrogens (tertiary/aromatic N) is 2. The lowest BCUT2D eigenvalue weighted by molar-refractivity contribution is -0.117. The molecule has 0 saturated carbocycles. The predicted molar refractivity (Wildman–Crippen MR) is 96.8 cm³/mol. The summed E-state index contributed by atoms with van der Waals surface area (Å²) in [6, 6.07) is 3.99. The molecule has 0 radical (unpaired) electrons. The zero-order chi connectivity index (χ0) is 16.8. The molecule has 0 spiro atoms. The lowest BCUT2D eigenvalue weighted by Gasteiger charge is -2.09. The molecule has 1 unspecified atom stereocenters. The average molecular weight is 352 g/mol.